The van der Waals surface area contributed by atoms with E-state index in [-0.39, 0.29) is 24.8 Å². The Hall–Kier alpha value is -4.04. The minimum absolute atomic E-state index is 0. The van der Waals surface area contributed by atoms with Gasteiger partial charge >= 0.3 is 324 Å². The van der Waals surface area contributed by atoms with Gasteiger partial charge < -0.3 is 24.8 Å². The molecule has 0 saturated carbocycles. The second-order valence-corrected chi connectivity index (χ2v) is 47.9. The van der Waals surface area contributed by atoms with Crippen molar-refractivity contribution in [3.05, 3.63) is 201 Å². The summed E-state index contributed by atoms with van der Waals surface area (Å²) in [5.74, 6) is 0. The van der Waals surface area contributed by atoms with Crippen LogP contribution in [0.1, 0.15) is 65.6 Å². The number of aryl methyl sites for hydroxylation is 2. The van der Waals surface area contributed by atoms with Crippen molar-refractivity contribution in [2.24, 2.45) is 0 Å². The molecule has 8 aromatic rings. The van der Waals surface area contributed by atoms with E-state index in [1.807, 2.05) is 0 Å². The Morgan fingerprint density at radius 1 is 0.393 bits per heavy atom. The van der Waals surface area contributed by atoms with Gasteiger partial charge in [0.1, 0.15) is 0 Å². The van der Waals surface area contributed by atoms with Crippen LogP contribution < -0.4 is 24.8 Å². The van der Waals surface area contributed by atoms with Crippen molar-refractivity contribution < 1.29 is 42.2 Å². The second kappa shape index (κ2) is 13.8. The SMILES string of the molecule is CC1=C(c2cccc3cc4ccccc4cc23)c2cccc(C)c2[CH]1[Zr+2]([CH3])([CH3])(=[SiH2])[CH]1C(C)=C(c2cccc3cc4ccccc4cc23)c2cccc(C)c21.[Cl-].[Cl-]. The summed E-state index contributed by atoms with van der Waals surface area (Å²) in [6.45, 7) is 12.2. The van der Waals surface area contributed by atoms with Crippen LogP contribution in [0.25, 0.3) is 54.2 Å². The Balaban J connectivity index is 0.00000220. The smallest absolute Gasteiger partial charge is 1.00 e. The van der Waals surface area contributed by atoms with Crippen LogP contribution in [0.5, 0.6) is 0 Å². The maximum absolute atomic E-state index is 3.98. The molecule has 0 heterocycles. The van der Waals surface area contributed by atoms with E-state index < -0.39 is 17.4 Å². The molecule has 0 nitrogen and oxygen atoms in total. The van der Waals surface area contributed by atoms with E-state index in [4.69, 9.17) is 0 Å². The van der Waals surface area contributed by atoms with Crippen molar-refractivity contribution in [3.8, 4) is 0 Å². The molecule has 2 atom stereocenters. The van der Waals surface area contributed by atoms with Crippen LogP contribution in [0.4, 0.5) is 0 Å². The van der Waals surface area contributed by atoms with E-state index in [1.165, 1.54) is 87.6 Å². The first-order valence-corrected chi connectivity index (χ1v) is 33.2. The van der Waals surface area contributed by atoms with Gasteiger partial charge in [0.05, 0.1) is 0 Å². The molecule has 10 rings (SSSR count). The van der Waals surface area contributed by atoms with Gasteiger partial charge in [-0.05, 0) is 0 Å². The average Bonchev–Trinajstić information content (AvgIpc) is 3.65. The molecule has 0 aromatic heterocycles. The maximum atomic E-state index is 2.80. The number of benzene rings is 8. The zero-order valence-electron chi connectivity index (χ0n) is 33.0. The fraction of sp³-hybridized carbons (Fsp3) is 0.154. The summed E-state index contributed by atoms with van der Waals surface area (Å²) in [7, 11) is 0. The predicted molar refractivity (Wildman–Crippen MR) is 234 cm³/mol. The largest absolute Gasteiger partial charge is 1.00 e. The van der Waals surface area contributed by atoms with E-state index >= 15 is 0 Å². The van der Waals surface area contributed by atoms with Crippen LogP contribution in [0.15, 0.2) is 157 Å². The van der Waals surface area contributed by atoms with Crippen molar-refractivity contribution in [2.75, 3.05) is 0 Å². The monoisotopic (exact) mass is 858 g/mol. The van der Waals surface area contributed by atoms with Gasteiger partial charge in [-0.15, -0.1) is 0 Å². The number of fused-ring (bicyclic) bond motifs is 6. The maximum Gasteiger partial charge on any atom is -1.00 e. The number of hydrogen-bond acceptors (Lipinski definition) is 0. The van der Waals surface area contributed by atoms with Gasteiger partial charge in [0, 0.05) is 0 Å². The van der Waals surface area contributed by atoms with Gasteiger partial charge in [-0.1, -0.05) is 0 Å². The summed E-state index contributed by atoms with van der Waals surface area (Å²) >= 11 is -3.98. The van der Waals surface area contributed by atoms with Crippen LogP contribution >= 0.6 is 0 Å². The number of halogens is 2. The Morgan fingerprint density at radius 3 is 1.11 bits per heavy atom. The van der Waals surface area contributed by atoms with Crippen molar-refractivity contribution in [2.45, 2.75) is 44.2 Å². The summed E-state index contributed by atoms with van der Waals surface area (Å²) < 4.78 is 6.42. The topological polar surface area (TPSA) is 0 Å². The van der Waals surface area contributed by atoms with Crippen LogP contribution in [-0.2, 0) is 17.4 Å². The Labute approximate surface area is 346 Å². The molecular weight excluding hydrogens is 815 g/mol. The molecule has 0 N–H and O–H groups in total. The third-order valence-corrected chi connectivity index (χ3v) is 31.0. The van der Waals surface area contributed by atoms with Crippen molar-refractivity contribution in [1.82, 2.24) is 0 Å². The second-order valence-electron chi connectivity index (χ2n) is 17.4. The number of allylic oxidation sites excluding steroid dienone is 2. The zero-order chi connectivity index (χ0) is 37.1. The van der Waals surface area contributed by atoms with Crippen LogP contribution in [0.2, 0.25) is 9.26 Å². The zero-order valence-corrected chi connectivity index (χ0v) is 38.4. The third-order valence-electron chi connectivity index (χ3n) is 13.3. The van der Waals surface area contributed by atoms with Crippen molar-refractivity contribution in [3.63, 3.8) is 0 Å². The summed E-state index contributed by atoms with van der Waals surface area (Å²) in [6.07, 6.45) is 0. The molecule has 2 aliphatic rings. The normalized spacial score (nSPS) is 16.2. The first-order chi connectivity index (χ1) is 26.0. The molecule has 0 aliphatic heterocycles. The first kappa shape index (κ1) is 38.8. The van der Waals surface area contributed by atoms with E-state index in [0.717, 1.165) is 0 Å². The van der Waals surface area contributed by atoms with Gasteiger partial charge in [0.25, 0.3) is 0 Å². The van der Waals surface area contributed by atoms with E-state index in [0.29, 0.717) is 7.25 Å². The quantitative estimate of drug-likeness (QED) is 0.126. The molecule has 0 saturated heterocycles. The number of rotatable bonds is 4. The molecule has 56 heavy (non-hydrogen) atoms. The van der Waals surface area contributed by atoms with E-state index in [2.05, 4.69) is 189 Å². The van der Waals surface area contributed by atoms with Crippen LogP contribution in [-0.4, -0.2) is 6.88 Å². The van der Waals surface area contributed by atoms with Gasteiger partial charge in [0.15, 0.2) is 0 Å². The summed E-state index contributed by atoms with van der Waals surface area (Å²) in [6, 6.07) is 55.3. The first-order valence-electron chi connectivity index (χ1n) is 19.5. The molecule has 0 spiro atoms. The van der Waals surface area contributed by atoms with E-state index in [1.54, 1.807) is 22.3 Å². The van der Waals surface area contributed by atoms with Gasteiger partial charge in [0.2, 0.25) is 0 Å². The Bertz CT molecular complexity index is 2890. The van der Waals surface area contributed by atoms with Gasteiger partial charge in [-0.2, -0.15) is 0 Å². The molecule has 0 bridgehead atoms. The standard InChI is InChI=1S/2C25H19.2CH3.2ClH.H2Si.Zr/c2*1-16-7-5-11-21-23(16)13-17(2)25(21)22-12-6-10-20-14-18-8-3-4-9-19(18)15-24(20)22;;;;;;/h2*3-15H,1-2H3;2*1H3;2*1H;1H2;/q;;;;;;;+2/p-2. The van der Waals surface area contributed by atoms with Crippen molar-refractivity contribution >= 4 is 61.1 Å². The number of hydrogen-bond donors (Lipinski definition) is 0. The molecule has 2 unspecified atom stereocenters. The van der Waals surface area contributed by atoms with E-state index in [9.17, 15) is 0 Å². The molecule has 0 fully saturated rings. The van der Waals surface area contributed by atoms with Crippen LogP contribution in [0.3, 0.4) is 0 Å². The molecule has 0 amide bonds. The summed E-state index contributed by atoms with van der Waals surface area (Å²) in [5, 5.41) is 10.5. The van der Waals surface area contributed by atoms with Crippen molar-refractivity contribution in [1.29, 1.82) is 0 Å². The van der Waals surface area contributed by atoms with Crippen LogP contribution in [0, 0.1) is 13.8 Å². The molecule has 0 radical (unpaired) electrons. The predicted octanol–water partition coefficient (Wildman–Crippen LogP) is 7.71. The van der Waals surface area contributed by atoms with Gasteiger partial charge in [-0.3, -0.25) is 0 Å². The molecule has 2 aliphatic carbocycles. The average molecular weight is 861 g/mol. The Kier molecular flexibility index (Phi) is 9.57. The fourth-order valence-electron chi connectivity index (χ4n) is 11.3. The van der Waals surface area contributed by atoms with Gasteiger partial charge in [-0.25, -0.2) is 0 Å². The molecule has 276 valence electrons. The summed E-state index contributed by atoms with van der Waals surface area (Å²) in [5.41, 5.74) is 17.7. The Morgan fingerprint density at radius 2 is 0.714 bits per heavy atom. The third kappa shape index (κ3) is 5.62. The minimum Gasteiger partial charge on any atom is -1.00 e. The minimum atomic E-state index is -3.98. The molecular formula is C52H46Cl2SiZr. The summed E-state index contributed by atoms with van der Waals surface area (Å²) in [4.78, 5) is 0. The fourth-order valence-corrected chi connectivity index (χ4v) is 32.4. The molecule has 8 aromatic carbocycles. The molecule has 4 heteroatoms.